The largest absolute Gasteiger partial charge is 0.508 e. The van der Waals surface area contributed by atoms with Crippen molar-refractivity contribution < 1.29 is 9.90 Å². The molecule has 110 valence electrons. The number of nitrogens with zero attached hydrogens (tertiary/aromatic N) is 3. The lowest BCUT2D eigenvalue weighted by molar-refractivity contribution is 0.0745. The predicted octanol–water partition coefficient (Wildman–Crippen LogP) is 2.12. The van der Waals surface area contributed by atoms with Crippen molar-refractivity contribution in [3.63, 3.8) is 0 Å². The number of amides is 1. The summed E-state index contributed by atoms with van der Waals surface area (Å²) in [4.78, 5) is 20.9. The van der Waals surface area contributed by atoms with E-state index in [0.717, 1.165) is 18.2 Å². The van der Waals surface area contributed by atoms with Crippen LogP contribution in [0.5, 0.6) is 5.75 Å². The van der Waals surface area contributed by atoms with Crippen LogP contribution in [0.2, 0.25) is 0 Å². The molecule has 0 spiro atoms. The molecule has 2 heterocycles. The fourth-order valence-corrected chi connectivity index (χ4v) is 3.20. The molecular weight excluding hydrogens is 286 g/mol. The molecule has 1 fully saturated rings. The number of phenolic OH excluding ortho intramolecular Hbond substituents is 1. The topological polar surface area (TPSA) is 56.7 Å². The lowest BCUT2D eigenvalue weighted by Gasteiger charge is -2.34. The zero-order valence-corrected chi connectivity index (χ0v) is 12.6. The predicted molar refractivity (Wildman–Crippen MR) is 83.1 cm³/mol. The summed E-state index contributed by atoms with van der Waals surface area (Å²) < 4.78 is 0. The lowest BCUT2D eigenvalue weighted by Crippen LogP contribution is -2.48. The van der Waals surface area contributed by atoms with Crippen molar-refractivity contribution in [3.8, 4) is 5.75 Å². The maximum Gasteiger partial charge on any atom is 0.254 e. The molecule has 0 unspecified atom stereocenters. The third-order valence-corrected chi connectivity index (χ3v) is 4.62. The summed E-state index contributed by atoms with van der Waals surface area (Å²) in [6.45, 7) is 4.70. The smallest absolute Gasteiger partial charge is 0.254 e. The van der Waals surface area contributed by atoms with Crippen molar-refractivity contribution in [2.75, 3.05) is 31.1 Å². The number of piperazine rings is 1. The Morgan fingerprint density at radius 1 is 1.29 bits per heavy atom. The number of hydrogen-bond donors (Lipinski definition) is 1. The molecular formula is C15H17N3O2S. The summed E-state index contributed by atoms with van der Waals surface area (Å²) in [6, 6.07) is 5.08. The Kier molecular flexibility index (Phi) is 3.79. The van der Waals surface area contributed by atoms with E-state index in [1.54, 1.807) is 42.7 Å². The standard InChI is InChI=1S/C15H17N3O2S/c1-11-12(3-2-4-13(11)19)14(20)17-6-8-18(9-7-17)15-16-5-10-21-15/h2-5,10,19H,6-9H2,1H3. The van der Waals surface area contributed by atoms with Crippen molar-refractivity contribution in [2.45, 2.75) is 6.92 Å². The van der Waals surface area contributed by atoms with E-state index in [2.05, 4.69) is 9.88 Å². The number of aromatic nitrogens is 1. The maximum absolute atomic E-state index is 12.5. The molecule has 0 radical (unpaired) electrons. The van der Waals surface area contributed by atoms with Crippen LogP contribution in [0, 0.1) is 6.92 Å². The molecule has 5 nitrogen and oxygen atoms in total. The molecule has 0 aliphatic carbocycles. The first-order valence-electron chi connectivity index (χ1n) is 6.89. The van der Waals surface area contributed by atoms with Crippen molar-refractivity contribution in [2.24, 2.45) is 0 Å². The van der Waals surface area contributed by atoms with E-state index in [9.17, 15) is 9.90 Å². The van der Waals surface area contributed by atoms with Gasteiger partial charge < -0.3 is 14.9 Å². The Morgan fingerprint density at radius 3 is 2.71 bits per heavy atom. The molecule has 1 aromatic heterocycles. The quantitative estimate of drug-likeness (QED) is 0.923. The third-order valence-electron chi connectivity index (χ3n) is 3.79. The number of carbonyl (C=O) groups is 1. The molecule has 3 rings (SSSR count). The first-order chi connectivity index (χ1) is 10.2. The second-order valence-electron chi connectivity index (χ2n) is 5.04. The van der Waals surface area contributed by atoms with E-state index in [-0.39, 0.29) is 11.7 Å². The van der Waals surface area contributed by atoms with Gasteiger partial charge in [0.05, 0.1) is 0 Å². The van der Waals surface area contributed by atoms with E-state index in [4.69, 9.17) is 0 Å². The summed E-state index contributed by atoms with van der Waals surface area (Å²) in [7, 11) is 0. The normalized spacial score (nSPS) is 15.3. The van der Waals surface area contributed by atoms with E-state index in [1.165, 1.54) is 0 Å². The summed E-state index contributed by atoms with van der Waals surface area (Å²) in [5.41, 5.74) is 1.22. The van der Waals surface area contributed by atoms with Gasteiger partial charge in [-0.05, 0) is 19.1 Å². The van der Waals surface area contributed by atoms with Gasteiger partial charge in [-0.1, -0.05) is 6.07 Å². The summed E-state index contributed by atoms with van der Waals surface area (Å²) in [6.07, 6.45) is 1.80. The van der Waals surface area contributed by atoms with Crippen LogP contribution in [0.4, 0.5) is 5.13 Å². The van der Waals surface area contributed by atoms with Crippen LogP contribution in [0.15, 0.2) is 29.8 Å². The lowest BCUT2D eigenvalue weighted by atomic mass is 10.1. The highest BCUT2D eigenvalue weighted by molar-refractivity contribution is 7.13. The average Bonchev–Trinajstić information content (AvgIpc) is 3.04. The van der Waals surface area contributed by atoms with E-state index >= 15 is 0 Å². The van der Waals surface area contributed by atoms with Gasteiger partial charge in [0.2, 0.25) is 0 Å². The molecule has 1 aromatic carbocycles. The highest BCUT2D eigenvalue weighted by atomic mass is 32.1. The average molecular weight is 303 g/mol. The monoisotopic (exact) mass is 303 g/mol. The number of anilines is 1. The molecule has 21 heavy (non-hydrogen) atoms. The molecule has 2 aromatic rings. The Bertz CT molecular complexity index is 634. The van der Waals surface area contributed by atoms with Gasteiger partial charge in [0.15, 0.2) is 5.13 Å². The Morgan fingerprint density at radius 2 is 2.05 bits per heavy atom. The number of rotatable bonds is 2. The van der Waals surface area contributed by atoms with E-state index < -0.39 is 0 Å². The number of aromatic hydroxyl groups is 1. The summed E-state index contributed by atoms with van der Waals surface area (Å²) in [5, 5.41) is 12.7. The van der Waals surface area contributed by atoms with Gasteiger partial charge in [0, 0.05) is 48.9 Å². The van der Waals surface area contributed by atoms with Gasteiger partial charge in [-0.3, -0.25) is 4.79 Å². The van der Waals surface area contributed by atoms with Crippen LogP contribution in [0.3, 0.4) is 0 Å². The van der Waals surface area contributed by atoms with Crippen molar-refractivity contribution >= 4 is 22.4 Å². The number of benzene rings is 1. The van der Waals surface area contributed by atoms with Crippen molar-refractivity contribution in [1.29, 1.82) is 0 Å². The second-order valence-corrected chi connectivity index (χ2v) is 5.92. The van der Waals surface area contributed by atoms with Crippen molar-refractivity contribution in [1.82, 2.24) is 9.88 Å². The van der Waals surface area contributed by atoms with Crippen LogP contribution in [-0.2, 0) is 0 Å². The molecule has 0 bridgehead atoms. The fraction of sp³-hybridized carbons (Fsp3) is 0.333. The van der Waals surface area contributed by atoms with Crippen LogP contribution in [-0.4, -0.2) is 47.1 Å². The molecule has 0 saturated carbocycles. The first kappa shape index (κ1) is 13.9. The van der Waals surface area contributed by atoms with Gasteiger partial charge >= 0.3 is 0 Å². The van der Waals surface area contributed by atoms with Crippen LogP contribution in [0.25, 0.3) is 0 Å². The number of carbonyl (C=O) groups excluding carboxylic acids is 1. The SMILES string of the molecule is Cc1c(O)cccc1C(=O)N1CCN(c2nccs2)CC1. The molecule has 1 aliphatic heterocycles. The third kappa shape index (κ3) is 2.71. The molecule has 0 atom stereocenters. The minimum Gasteiger partial charge on any atom is -0.508 e. The maximum atomic E-state index is 12.5. The molecule has 1 saturated heterocycles. The molecule has 6 heteroatoms. The first-order valence-corrected chi connectivity index (χ1v) is 7.77. The van der Waals surface area contributed by atoms with Gasteiger partial charge in [-0.2, -0.15) is 0 Å². The van der Waals surface area contributed by atoms with Crippen LogP contribution >= 0.6 is 11.3 Å². The molecule has 1 amide bonds. The highest BCUT2D eigenvalue weighted by Gasteiger charge is 2.24. The Labute approximate surface area is 127 Å². The van der Waals surface area contributed by atoms with Gasteiger partial charge in [0.25, 0.3) is 5.91 Å². The highest BCUT2D eigenvalue weighted by Crippen LogP contribution is 2.23. The molecule has 1 N–H and O–H groups in total. The number of phenols is 1. The second kappa shape index (κ2) is 5.73. The van der Waals surface area contributed by atoms with Gasteiger partial charge in [-0.25, -0.2) is 4.98 Å². The zero-order chi connectivity index (χ0) is 14.8. The minimum atomic E-state index is -0.0119. The Balaban J connectivity index is 1.69. The Hall–Kier alpha value is -2.08. The molecule has 1 aliphatic rings. The van der Waals surface area contributed by atoms with Crippen LogP contribution < -0.4 is 4.90 Å². The van der Waals surface area contributed by atoms with Crippen molar-refractivity contribution in [3.05, 3.63) is 40.9 Å². The summed E-state index contributed by atoms with van der Waals surface area (Å²) in [5.74, 6) is 0.157. The summed E-state index contributed by atoms with van der Waals surface area (Å²) >= 11 is 1.62. The zero-order valence-electron chi connectivity index (χ0n) is 11.8. The fourth-order valence-electron chi connectivity index (χ4n) is 2.50. The van der Waals surface area contributed by atoms with Crippen LogP contribution in [0.1, 0.15) is 15.9 Å². The van der Waals surface area contributed by atoms with E-state index in [1.807, 2.05) is 10.3 Å². The van der Waals surface area contributed by atoms with Gasteiger partial charge in [-0.15, -0.1) is 11.3 Å². The number of thiazole rings is 1. The number of hydrogen-bond acceptors (Lipinski definition) is 5. The minimum absolute atomic E-state index is 0.0119. The van der Waals surface area contributed by atoms with Gasteiger partial charge in [0.1, 0.15) is 5.75 Å². The van der Waals surface area contributed by atoms with E-state index in [0.29, 0.717) is 24.2 Å².